The van der Waals surface area contributed by atoms with E-state index in [0.717, 1.165) is 54.9 Å². The molecule has 0 saturated carbocycles. The normalized spacial score (nSPS) is 16.4. The van der Waals surface area contributed by atoms with Crippen LogP contribution in [0.1, 0.15) is 36.0 Å². The Labute approximate surface area is 215 Å². The largest absolute Gasteiger partial charge is 0.416 e. The van der Waals surface area contributed by atoms with Crippen LogP contribution in [-0.4, -0.2) is 42.0 Å². The third kappa shape index (κ3) is 7.20. The van der Waals surface area contributed by atoms with E-state index in [1.54, 1.807) is 18.5 Å². The van der Waals surface area contributed by atoms with E-state index in [1.165, 1.54) is 18.2 Å². The minimum absolute atomic E-state index is 0.0337. The lowest BCUT2D eigenvalue weighted by Gasteiger charge is -2.31. The van der Waals surface area contributed by atoms with Gasteiger partial charge in [-0.25, -0.2) is 0 Å². The third-order valence-electron chi connectivity index (χ3n) is 6.63. The molecule has 0 aliphatic carbocycles. The number of rotatable bonds is 7. The van der Waals surface area contributed by atoms with Crippen LogP contribution in [0.2, 0.25) is 0 Å². The number of alkyl halides is 3. The second-order valence-corrected chi connectivity index (χ2v) is 9.20. The third-order valence-corrected chi connectivity index (χ3v) is 6.63. The second-order valence-electron chi connectivity index (χ2n) is 9.20. The smallest absolute Gasteiger partial charge is 0.345 e. The number of hydrogen-bond donors (Lipinski definition) is 1. The number of nitrogens with one attached hydrogen (secondary N) is 1. The lowest BCUT2D eigenvalue weighted by atomic mass is 10.1. The molecule has 0 radical (unpaired) electrons. The van der Waals surface area contributed by atoms with Gasteiger partial charge < -0.3 is 15.1 Å². The van der Waals surface area contributed by atoms with Crippen molar-refractivity contribution in [2.75, 3.05) is 25.0 Å². The van der Waals surface area contributed by atoms with Crippen LogP contribution in [0.4, 0.5) is 24.5 Å². The van der Waals surface area contributed by atoms with Gasteiger partial charge in [-0.05, 0) is 73.0 Å². The van der Waals surface area contributed by atoms with Crippen molar-refractivity contribution < 1.29 is 18.0 Å². The number of nitrogens with zero attached hydrogens (tertiary/aromatic N) is 3. The Hall–Kier alpha value is -3.65. The van der Waals surface area contributed by atoms with E-state index in [-0.39, 0.29) is 11.9 Å². The van der Waals surface area contributed by atoms with Gasteiger partial charge in [0.1, 0.15) is 0 Å². The van der Waals surface area contributed by atoms with Crippen molar-refractivity contribution in [2.24, 2.45) is 0 Å². The number of carbonyl (C=O) groups excluding carboxylic acids is 1. The summed E-state index contributed by atoms with van der Waals surface area (Å²) in [5, 5.41) is 3.42. The zero-order valence-corrected chi connectivity index (χ0v) is 20.8. The summed E-state index contributed by atoms with van der Waals surface area (Å²) in [7, 11) is 1.99. The van der Waals surface area contributed by atoms with Crippen LogP contribution < -0.4 is 10.2 Å². The summed E-state index contributed by atoms with van der Waals surface area (Å²) < 4.78 is 38.6. The van der Waals surface area contributed by atoms with Crippen molar-refractivity contribution in [3.63, 3.8) is 0 Å². The first-order chi connectivity index (χ1) is 17.8. The highest BCUT2D eigenvalue weighted by Crippen LogP contribution is 2.29. The Morgan fingerprint density at radius 2 is 1.68 bits per heavy atom. The van der Waals surface area contributed by atoms with E-state index in [4.69, 9.17) is 0 Å². The summed E-state index contributed by atoms with van der Waals surface area (Å²) in [6.45, 7) is 2.08. The number of benzene rings is 2. The van der Waals surface area contributed by atoms with Crippen molar-refractivity contribution in [3.8, 4) is 0 Å². The van der Waals surface area contributed by atoms with Crippen molar-refractivity contribution >= 4 is 23.4 Å². The van der Waals surface area contributed by atoms with Crippen LogP contribution in [0.5, 0.6) is 0 Å². The number of hydrogen-bond acceptors (Lipinski definition) is 4. The van der Waals surface area contributed by atoms with Crippen molar-refractivity contribution in [1.82, 2.24) is 15.2 Å². The molecule has 1 aromatic heterocycles. The maximum atomic E-state index is 13.3. The fourth-order valence-electron chi connectivity index (χ4n) is 4.44. The Bertz CT molecular complexity index is 1170. The average Bonchev–Trinajstić information content (AvgIpc) is 3.20. The van der Waals surface area contributed by atoms with Crippen LogP contribution in [0, 0.1) is 0 Å². The lowest BCUT2D eigenvalue weighted by Crippen LogP contribution is -2.43. The Kier molecular flexibility index (Phi) is 8.61. The minimum Gasteiger partial charge on any atom is -0.345 e. The molecular formula is C29H31F3N4O. The molecule has 194 valence electrons. The summed E-state index contributed by atoms with van der Waals surface area (Å²) in [5.41, 5.74) is 2.89. The molecule has 3 aromatic rings. The lowest BCUT2D eigenvalue weighted by molar-refractivity contribution is -0.137. The number of amides is 1. The van der Waals surface area contributed by atoms with Gasteiger partial charge in [0.25, 0.3) is 0 Å². The van der Waals surface area contributed by atoms with Gasteiger partial charge in [-0.1, -0.05) is 30.7 Å². The van der Waals surface area contributed by atoms with Gasteiger partial charge in [-0.2, -0.15) is 13.2 Å². The van der Waals surface area contributed by atoms with Crippen LogP contribution in [0.15, 0.2) is 79.1 Å². The first-order valence-electron chi connectivity index (χ1n) is 12.4. The first kappa shape index (κ1) is 26.4. The van der Waals surface area contributed by atoms with E-state index < -0.39 is 11.7 Å². The highest BCUT2D eigenvalue weighted by Gasteiger charge is 2.30. The predicted octanol–water partition coefficient (Wildman–Crippen LogP) is 6.05. The van der Waals surface area contributed by atoms with Crippen molar-refractivity contribution in [2.45, 2.75) is 38.0 Å². The summed E-state index contributed by atoms with van der Waals surface area (Å²) in [4.78, 5) is 21.3. The topological polar surface area (TPSA) is 48.5 Å². The van der Waals surface area contributed by atoms with Crippen molar-refractivity contribution in [3.05, 3.63) is 95.8 Å². The Morgan fingerprint density at radius 1 is 1.00 bits per heavy atom. The average molecular weight is 509 g/mol. The quantitative estimate of drug-likeness (QED) is 0.395. The van der Waals surface area contributed by atoms with Gasteiger partial charge in [0.2, 0.25) is 5.91 Å². The van der Waals surface area contributed by atoms with Gasteiger partial charge in [-0.15, -0.1) is 0 Å². The van der Waals surface area contributed by atoms with Crippen LogP contribution in [0.3, 0.4) is 0 Å². The summed E-state index contributed by atoms with van der Waals surface area (Å²) in [6.07, 6.45) is 5.15. The fraction of sp³-hybridized carbons (Fsp3) is 0.310. The fourth-order valence-corrected chi connectivity index (χ4v) is 4.44. The Balaban J connectivity index is 1.50. The van der Waals surface area contributed by atoms with Gasteiger partial charge >= 0.3 is 6.18 Å². The van der Waals surface area contributed by atoms with Crippen molar-refractivity contribution in [1.29, 1.82) is 0 Å². The molecule has 37 heavy (non-hydrogen) atoms. The SMILES string of the molecule is CN(c1ccncc1)c1ccc(CN(C(=O)/C=C/c2ccc(C(F)(F)F)cc2)C2CCCCNC2)cc1. The molecule has 1 atom stereocenters. The van der Waals surface area contributed by atoms with Crippen LogP contribution >= 0.6 is 0 Å². The summed E-state index contributed by atoms with van der Waals surface area (Å²) in [6, 6.07) is 16.8. The number of pyridine rings is 1. The number of carbonyl (C=O) groups is 1. The summed E-state index contributed by atoms with van der Waals surface area (Å²) in [5.74, 6) is -0.161. The molecule has 1 aliphatic heterocycles. The maximum absolute atomic E-state index is 13.3. The molecule has 5 nitrogen and oxygen atoms in total. The van der Waals surface area contributed by atoms with E-state index >= 15 is 0 Å². The van der Waals surface area contributed by atoms with Gasteiger partial charge in [0.05, 0.1) is 5.56 Å². The molecule has 1 saturated heterocycles. The maximum Gasteiger partial charge on any atom is 0.416 e. The Morgan fingerprint density at radius 3 is 2.35 bits per heavy atom. The molecule has 4 rings (SSSR count). The number of aromatic nitrogens is 1. The number of halogens is 3. The summed E-state index contributed by atoms with van der Waals surface area (Å²) >= 11 is 0. The van der Waals surface area contributed by atoms with Crippen LogP contribution in [-0.2, 0) is 17.5 Å². The van der Waals surface area contributed by atoms with E-state index in [2.05, 4.69) is 15.2 Å². The number of anilines is 2. The zero-order valence-electron chi connectivity index (χ0n) is 20.8. The first-order valence-corrected chi connectivity index (χ1v) is 12.4. The molecule has 1 N–H and O–H groups in total. The molecule has 1 unspecified atom stereocenters. The molecular weight excluding hydrogens is 477 g/mol. The van der Waals surface area contributed by atoms with E-state index in [9.17, 15) is 18.0 Å². The van der Waals surface area contributed by atoms with Gasteiger partial charge in [0.15, 0.2) is 0 Å². The second kappa shape index (κ2) is 12.1. The van der Waals surface area contributed by atoms with Crippen LogP contribution in [0.25, 0.3) is 6.08 Å². The molecule has 1 aliphatic rings. The standard InChI is InChI=1S/C29H31F3N4O/c1-35(26-15-18-33-19-16-26)25-12-7-23(8-13-25)21-36(27-4-2-3-17-34-20-27)28(37)14-9-22-5-10-24(11-6-22)29(30,31)32/h5-16,18-19,27,34H,2-4,17,20-21H2,1H3/b14-9+. The molecule has 2 heterocycles. The highest BCUT2D eigenvalue weighted by molar-refractivity contribution is 5.92. The molecule has 0 spiro atoms. The van der Waals surface area contributed by atoms with E-state index in [0.29, 0.717) is 18.7 Å². The zero-order chi connectivity index (χ0) is 26.3. The van der Waals surface area contributed by atoms with Gasteiger partial charge in [-0.3, -0.25) is 9.78 Å². The molecule has 8 heteroatoms. The predicted molar refractivity (Wildman–Crippen MR) is 140 cm³/mol. The molecule has 2 aromatic carbocycles. The molecule has 1 amide bonds. The molecule has 1 fully saturated rings. The van der Waals surface area contributed by atoms with E-state index in [1.807, 2.05) is 48.3 Å². The highest BCUT2D eigenvalue weighted by atomic mass is 19.4. The van der Waals surface area contributed by atoms with Gasteiger partial charge in [0, 0.05) is 56.0 Å². The minimum atomic E-state index is -4.38. The molecule has 0 bridgehead atoms. The monoisotopic (exact) mass is 508 g/mol.